The molecule has 1 aromatic rings. The largest absolute Gasteiger partial charge is 0.355 e. The van der Waals surface area contributed by atoms with Gasteiger partial charge < -0.3 is 10.2 Å². The third-order valence-electron chi connectivity index (χ3n) is 5.63. The van der Waals surface area contributed by atoms with E-state index in [0.717, 1.165) is 12.8 Å². The van der Waals surface area contributed by atoms with Crippen LogP contribution in [-0.2, 0) is 11.3 Å². The maximum absolute atomic E-state index is 14.4. The summed E-state index contributed by atoms with van der Waals surface area (Å²) in [5, 5.41) is 10.7. The van der Waals surface area contributed by atoms with Crippen LogP contribution in [0.15, 0.2) is 6.20 Å². The average molecular weight is 397 g/mol. The SMILES string of the molecule is CCn1ncc(C(=O)N2CCC(F)(F)C(CNC(=O)[C@@H]3C[C@H]3CC(C)C)C2)n1. The van der Waals surface area contributed by atoms with Gasteiger partial charge in [0.25, 0.3) is 11.8 Å². The zero-order chi connectivity index (χ0) is 20.5. The molecular formula is C19H29F2N5O2. The minimum absolute atomic E-state index is 0.0334. The molecule has 1 unspecified atom stereocenters. The van der Waals surface area contributed by atoms with Gasteiger partial charge in [0, 0.05) is 32.0 Å². The van der Waals surface area contributed by atoms with Crippen molar-refractivity contribution in [2.75, 3.05) is 19.6 Å². The van der Waals surface area contributed by atoms with Crippen molar-refractivity contribution in [1.82, 2.24) is 25.2 Å². The molecule has 156 valence electrons. The lowest BCUT2D eigenvalue weighted by Crippen LogP contribution is -2.53. The Morgan fingerprint density at radius 1 is 1.39 bits per heavy atom. The zero-order valence-electron chi connectivity index (χ0n) is 16.7. The molecule has 2 fully saturated rings. The van der Waals surface area contributed by atoms with Crippen molar-refractivity contribution in [3.05, 3.63) is 11.9 Å². The molecular weight excluding hydrogens is 368 g/mol. The molecule has 1 aliphatic carbocycles. The van der Waals surface area contributed by atoms with Crippen molar-refractivity contribution >= 4 is 11.8 Å². The summed E-state index contributed by atoms with van der Waals surface area (Å²) in [6.45, 7) is 6.34. The van der Waals surface area contributed by atoms with Crippen molar-refractivity contribution in [2.45, 2.75) is 52.5 Å². The molecule has 2 aliphatic rings. The monoisotopic (exact) mass is 397 g/mol. The van der Waals surface area contributed by atoms with Crippen LogP contribution < -0.4 is 5.32 Å². The van der Waals surface area contributed by atoms with Crippen LogP contribution in [0.1, 0.15) is 50.5 Å². The van der Waals surface area contributed by atoms with Crippen LogP contribution in [0.25, 0.3) is 0 Å². The summed E-state index contributed by atoms with van der Waals surface area (Å²) in [5.41, 5.74) is 0.157. The van der Waals surface area contributed by atoms with Crippen LogP contribution in [0, 0.1) is 23.7 Å². The molecule has 2 amide bonds. The van der Waals surface area contributed by atoms with Crippen LogP contribution >= 0.6 is 0 Å². The Hall–Kier alpha value is -2.06. The van der Waals surface area contributed by atoms with Crippen molar-refractivity contribution < 1.29 is 18.4 Å². The van der Waals surface area contributed by atoms with E-state index in [0.29, 0.717) is 18.4 Å². The number of aromatic nitrogens is 3. The van der Waals surface area contributed by atoms with Gasteiger partial charge in [0.05, 0.1) is 18.7 Å². The predicted octanol–water partition coefficient (Wildman–Crippen LogP) is 2.19. The predicted molar refractivity (Wildman–Crippen MR) is 98.7 cm³/mol. The molecule has 3 rings (SSSR count). The number of piperidine rings is 1. The molecule has 0 aromatic carbocycles. The minimum atomic E-state index is -2.91. The molecule has 0 radical (unpaired) electrons. The fourth-order valence-corrected chi connectivity index (χ4v) is 3.88. The van der Waals surface area contributed by atoms with Crippen molar-refractivity contribution in [3.8, 4) is 0 Å². The molecule has 1 aromatic heterocycles. The molecule has 1 N–H and O–H groups in total. The lowest BCUT2D eigenvalue weighted by atomic mass is 9.93. The van der Waals surface area contributed by atoms with Crippen LogP contribution in [0.4, 0.5) is 8.78 Å². The molecule has 3 atom stereocenters. The lowest BCUT2D eigenvalue weighted by molar-refractivity contribution is -0.125. The van der Waals surface area contributed by atoms with E-state index in [9.17, 15) is 18.4 Å². The standard InChI is InChI=1S/C19H29F2N5O2/c1-4-26-23-10-16(24-26)18(28)25-6-5-19(20,21)14(11-25)9-22-17(27)15-8-13(15)7-12(2)3/h10,12-15H,4-9,11H2,1-3H3,(H,22,27)/t13-,14?,15-/m1/s1. The lowest BCUT2D eigenvalue weighted by Gasteiger charge is -2.38. The van der Waals surface area contributed by atoms with E-state index in [-0.39, 0.29) is 37.2 Å². The third-order valence-corrected chi connectivity index (χ3v) is 5.63. The Morgan fingerprint density at radius 3 is 2.79 bits per heavy atom. The van der Waals surface area contributed by atoms with Gasteiger partial charge in [0.1, 0.15) is 0 Å². The van der Waals surface area contributed by atoms with E-state index < -0.39 is 24.2 Å². The summed E-state index contributed by atoms with van der Waals surface area (Å²) in [7, 11) is 0. The van der Waals surface area contributed by atoms with Gasteiger partial charge in [-0.25, -0.2) is 8.78 Å². The van der Waals surface area contributed by atoms with Gasteiger partial charge in [-0.05, 0) is 31.6 Å². The summed E-state index contributed by atoms with van der Waals surface area (Å²) < 4.78 is 28.7. The Bertz CT molecular complexity index is 721. The second-order valence-electron chi connectivity index (χ2n) is 8.35. The molecule has 7 nitrogen and oxygen atoms in total. The highest BCUT2D eigenvalue weighted by atomic mass is 19.3. The van der Waals surface area contributed by atoms with E-state index in [1.54, 1.807) is 0 Å². The van der Waals surface area contributed by atoms with Crippen LogP contribution in [0.3, 0.4) is 0 Å². The second kappa shape index (κ2) is 8.13. The fraction of sp³-hybridized carbons (Fsp3) is 0.789. The van der Waals surface area contributed by atoms with Gasteiger partial charge in [0.2, 0.25) is 5.91 Å². The van der Waals surface area contributed by atoms with Gasteiger partial charge in [-0.15, -0.1) is 5.10 Å². The highest BCUT2D eigenvalue weighted by Gasteiger charge is 2.47. The fourth-order valence-electron chi connectivity index (χ4n) is 3.88. The molecule has 1 saturated heterocycles. The van der Waals surface area contributed by atoms with Crippen LogP contribution in [0.2, 0.25) is 0 Å². The number of aryl methyl sites for hydroxylation is 1. The third kappa shape index (κ3) is 4.67. The number of nitrogens with zero attached hydrogens (tertiary/aromatic N) is 4. The number of hydrogen-bond acceptors (Lipinski definition) is 4. The summed E-state index contributed by atoms with van der Waals surface area (Å²) in [6.07, 6.45) is 2.76. The minimum Gasteiger partial charge on any atom is -0.355 e. The molecule has 0 bridgehead atoms. The number of rotatable bonds is 7. The maximum Gasteiger partial charge on any atom is 0.276 e. The molecule has 1 aliphatic heterocycles. The Kier molecular flexibility index (Phi) is 6.00. The van der Waals surface area contributed by atoms with Crippen molar-refractivity contribution in [1.29, 1.82) is 0 Å². The number of amides is 2. The number of nitrogens with one attached hydrogen (secondary N) is 1. The zero-order valence-corrected chi connectivity index (χ0v) is 16.7. The second-order valence-corrected chi connectivity index (χ2v) is 8.35. The first-order valence-corrected chi connectivity index (χ1v) is 10.1. The number of halogens is 2. The van der Waals surface area contributed by atoms with Gasteiger partial charge in [-0.1, -0.05) is 13.8 Å². The number of carbonyl (C=O) groups is 2. The Balaban J connectivity index is 1.55. The smallest absolute Gasteiger partial charge is 0.276 e. The molecule has 0 spiro atoms. The molecule has 2 heterocycles. The van der Waals surface area contributed by atoms with E-state index in [4.69, 9.17) is 0 Å². The van der Waals surface area contributed by atoms with Gasteiger partial charge in [-0.3, -0.25) is 9.59 Å². The van der Waals surface area contributed by atoms with E-state index in [2.05, 4.69) is 29.4 Å². The first-order valence-electron chi connectivity index (χ1n) is 10.1. The van der Waals surface area contributed by atoms with Crippen molar-refractivity contribution in [2.24, 2.45) is 23.7 Å². The topological polar surface area (TPSA) is 80.1 Å². The van der Waals surface area contributed by atoms with E-state index >= 15 is 0 Å². The number of likely N-dealkylation sites (tertiary alicyclic amines) is 1. The summed E-state index contributed by atoms with van der Waals surface area (Å²) in [5.74, 6) is -3.71. The van der Waals surface area contributed by atoms with Gasteiger partial charge in [0.15, 0.2) is 5.69 Å². The highest BCUT2D eigenvalue weighted by molar-refractivity contribution is 5.92. The number of carbonyl (C=O) groups excluding carboxylic acids is 2. The summed E-state index contributed by atoms with van der Waals surface area (Å²) in [4.78, 5) is 27.6. The first kappa shape index (κ1) is 20.7. The molecule has 9 heteroatoms. The molecule has 28 heavy (non-hydrogen) atoms. The maximum atomic E-state index is 14.4. The van der Waals surface area contributed by atoms with Crippen LogP contribution in [-0.4, -0.2) is 57.3 Å². The summed E-state index contributed by atoms with van der Waals surface area (Å²) in [6, 6.07) is 0. The van der Waals surface area contributed by atoms with E-state index in [1.165, 1.54) is 15.9 Å². The average Bonchev–Trinajstić information content (AvgIpc) is 3.22. The van der Waals surface area contributed by atoms with Gasteiger partial charge >= 0.3 is 0 Å². The summed E-state index contributed by atoms with van der Waals surface area (Å²) >= 11 is 0. The number of alkyl halides is 2. The Morgan fingerprint density at radius 2 is 2.14 bits per heavy atom. The molecule has 1 saturated carbocycles. The Labute approximate surface area is 163 Å². The van der Waals surface area contributed by atoms with Crippen molar-refractivity contribution in [3.63, 3.8) is 0 Å². The van der Waals surface area contributed by atoms with E-state index in [1.807, 2.05) is 6.92 Å². The number of hydrogen-bond donors (Lipinski definition) is 1. The van der Waals surface area contributed by atoms with Gasteiger partial charge in [-0.2, -0.15) is 9.90 Å². The quantitative estimate of drug-likeness (QED) is 0.765. The van der Waals surface area contributed by atoms with Crippen LogP contribution in [0.5, 0.6) is 0 Å². The normalized spacial score (nSPS) is 26.4. The first-order chi connectivity index (χ1) is 13.2. The highest BCUT2D eigenvalue weighted by Crippen LogP contribution is 2.43.